The van der Waals surface area contributed by atoms with E-state index < -0.39 is 17.7 Å². The predicted molar refractivity (Wildman–Crippen MR) is 65.7 cm³/mol. The molecule has 0 saturated heterocycles. The lowest BCUT2D eigenvalue weighted by Crippen LogP contribution is -2.12. The smallest absolute Gasteiger partial charge is 0.387 e. The van der Waals surface area contributed by atoms with Gasteiger partial charge in [0.05, 0.1) is 5.52 Å². The second kappa shape index (κ2) is 4.36. The molecule has 1 aromatic carbocycles. The number of aryl methyl sites for hydroxylation is 1. The van der Waals surface area contributed by atoms with Crippen LogP contribution in [0.5, 0.6) is 0 Å². The molecule has 0 radical (unpaired) electrons. The fraction of sp³-hybridized carbons (Fsp3) is 0.308. The molecule has 102 valence electrons. The van der Waals surface area contributed by atoms with E-state index in [2.05, 4.69) is 10.3 Å². The Labute approximate surface area is 107 Å². The summed E-state index contributed by atoms with van der Waals surface area (Å²) in [5, 5.41) is 3.21. The summed E-state index contributed by atoms with van der Waals surface area (Å²) >= 11 is 0. The molecular formula is C13H12F4N2. The average molecular weight is 272 g/mol. The third-order valence-corrected chi connectivity index (χ3v) is 3.03. The van der Waals surface area contributed by atoms with E-state index in [-0.39, 0.29) is 11.1 Å². The van der Waals surface area contributed by atoms with E-state index in [9.17, 15) is 17.6 Å². The van der Waals surface area contributed by atoms with Crippen LogP contribution >= 0.6 is 0 Å². The number of benzene rings is 1. The number of hydrogen-bond donors (Lipinski definition) is 1. The second-order valence-electron chi connectivity index (χ2n) is 4.33. The Hall–Kier alpha value is -1.85. The lowest BCUT2D eigenvalue weighted by atomic mass is 10.0. The number of pyridine rings is 1. The van der Waals surface area contributed by atoms with Crippen LogP contribution < -0.4 is 5.32 Å². The second-order valence-corrected chi connectivity index (χ2v) is 4.33. The van der Waals surface area contributed by atoms with E-state index in [4.69, 9.17) is 0 Å². The zero-order valence-corrected chi connectivity index (χ0v) is 10.6. The maximum Gasteiger partial charge on any atom is 0.433 e. The highest BCUT2D eigenvalue weighted by Crippen LogP contribution is 2.37. The van der Waals surface area contributed by atoms with Crippen molar-refractivity contribution in [2.24, 2.45) is 0 Å². The van der Waals surface area contributed by atoms with Gasteiger partial charge in [-0.05, 0) is 25.5 Å². The molecule has 0 amide bonds. The summed E-state index contributed by atoms with van der Waals surface area (Å²) in [4.78, 5) is 3.55. The minimum Gasteiger partial charge on any atom is -0.387 e. The van der Waals surface area contributed by atoms with E-state index in [0.29, 0.717) is 16.6 Å². The zero-order valence-electron chi connectivity index (χ0n) is 10.6. The topological polar surface area (TPSA) is 24.9 Å². The van der Waals surface area contributed by atoms with Crippen LogP contribution in [0.3, 0.4) is 0 Å². The van der Waals surface area contributed by atoms with E-state index >= 15 is 0 Å². The molecule has 0 bridgehead atoms. The molecule has 1 aromatic heterocycles. The first-order valence-electron chi connectivity index (χ1n) is 5.61. The lowest BCUT2D eigenvalue weighted by Gasteiger charge is -2.16. The minimum absolute atomic E-state index is 0.00788. The van der Waals surface area contributed by atoms with Gasteiger partial charge in [0.15, 0.2) is 0 Å². The summed E-state index contributed by atoms with van der Waals surface area (Å²) in [5.74, 6) is -0.570. The number of aromatic nitrogens is 1. The van der Waals surface area contributed by atoms with Crippen molar-refractivity contribution in [2.45, 2.75) is 20.0 Å². The fourth-order valence-corrected chi connectivity index (χ4v) is 2.09. The molecule has 0 spiro atoms. The minimum atomic E-state index is -4.56. The summed E-state index contributed by atoms with van der Waals surface area (Å²) in [6.07, 6.45) is -4.56. The van der Waals surface area contributed by atoms with Crippen LogP contribution in [0.15, 0.2) is 12.1 Å². The molecule has 0 atom stereocenters. The molecule has 2 aromatic rings. The van der Waals surface area contributed by atoms with Gasteiger partial charge in [-0.25, -0.2) is 9.37 Å². The number of halogens is 4. The Morgan fingerprint density at radius 2 is 1.79 bits per heavy atom. The SMILES string of the molecule is CNc1c(C)c(C(F)(F)F)nc2cc(F)c(C)cc12. The highest BCUT2D eigenvalue weighted by atomic mass is 19.4. The van der Waals surface area contributed by atoms with E-state index in [1.807, 2.05) is 0 Å². The Kier molecular flexibility index (Phi) is 3.12. The molecular weight excluding hydrogens is 260 g/mol. The molecule has 0 aliphatic rings. The molecule has 0 aliphatic heterocycles. The number of nitrogens with one attached hydrogen (secondary N) is 1. The molecule has 6 heteroatoms. The first kappa shape index (κ1) is 13.6. The van der Waals surface area contributed by atoms with Gasteiger partial charge in [-0.3, -0.25) is 0 Å². The number of hydrogen-bond acceptors (Lipinski definition) is 2. The molecule has 2 rings (SSSR count). The standard InChI is InChI=1S/C13H12F4N2/c1-6-4-8-10(5-9(6)14)19-12(13(15,16)17)7(2)11(8)18-3/h4-5H,1-3H3,(H,18,19). The maximum atomic E-state index is 13.5. The van der Waals surface area contributed by atoms with Crippen molar-refractivity contribution in [3.05, 3.63) is 34.8 Å². The quantitative estimate of drug-likeness (QED) is 0.792. The third-order valence-electron chi connectivity index (χ3n) is 3.03. The van der Waals surface area contributed by atoms with Crippen molar-refractivity contribution in [2.75, 3.05) is 12.4 Å². The largest absolute Gasteiger partial charge is 0.433 e. The van der Waals surface area contributed by atoms with Crippen LogP contribution in [0, 0.1) is 19.7 Å². The maximum absolute atomic E-state index is 13.5. The highest BCUT2D eigenvalue weighted by Gasteiger charge is 2.36. The van der Waals surface area contributed by atoms with Crippen molar-refractivity contribution >= 4 is 16.6 Å². The molecule has 0 saturated carbocycles. The Bertz CT molecular complexity index is 647. The van der Waals surface area contributed by atoms with E-state index in [1.54, 1.807) is 6.92 Å². The monoisotopic (exact) mass is 272 g/mol. The molecule has 0 aliphatic carbocycles. The lowest BCUT2D eigenvalue weighted by molar-refractivity contribution is -0.141. The summed E-state index contributed by atoms with van der Waals surface area (Å²) < 4.78 is 52.1. The number of alkyl halides is 3. The van der Waals surface area contributed by atoms with E-state index in [1.165, 1.54) is 20.0 Å². The molecule has 2 nitrogen and oxygen atoms in total. The van der Waals surface area contributed by atoms with Crippen LogP contribution in [-0.2, 0) is 6.18 Å². The van der Waals surface area contributed by atoms with E-state index in [0.717, 1.165) is 6.07 Å². The van der Waals surface area contributed by atoms with Gasteiger partial charge in [-0.2, -0.15) is 13.2 Å². The van der Waals surface area contributed by atoms with Crippen LogP contribution in [0.25, 0.3) is 10.9 Å². The van der Waals surface area contributed by atoms with Crippen LogP contribution in [-0.4, -0.2) is 12.0 Å². The Balaban J connectivity index is 2.91. The number of rotatable bonds is 1. The van der Waals surface area contributed by atoms with Gasteiger partial charge >= 0.3 is 6.18 Å². The van der Waals surface area contributed by atoms with Gasteiger partial charge < -0.3 is 5.32 Å². The molecule has 0 fully saturated rings. The van der Waals surface area contributed by atoms with Crippen LogP contribution in [0.2, 0.25) is 0 Å². The Morgan fingerprint density at radius 3 is 2.32 bits per heavy atom. The van der Waals surface area contributed by atoms with Gasteiger partial charge in [-0.1, -0.05) is 0 Å². The first-order valence-corrected chi connectivity index (χ1v) is 5.61. The fourth-order valence-electron chi connectivity index (χ4n) is 2.09. The number of nitrogens with zero attached hydrogens (tertiary/aromatic N) is 1. The van der Waals surface area contributed by atoms with Crippen molar-refractivity contribution in [1.29, 1.82) is 0 Å². The van der Waals surface area contributed by atoms with Gasteiger partial charge in [0.25, 0.3) is 0 Å². The van der Waals surface area contributed by atoms with Crippen LogP contribution in [0.4, 0.5) is 23.2 Å². The molecule has 0 unspecified atom stereocenters. The number of fused-ring (bicyclic) bond motifs is 1. The first-order chi connectivity index (χ1) is 8.75. The molecule has 1 heterocycles. The van der Waals surface area contributed by atoms with Gasteiger partial charge in [-0.15, -0.1) is 0 Å². The average Bonchev–Trinajstić information content (AvgIpc) is 2.29. The van der Waals surface area contributed by atoms with Crippen molar-refractivity contribution in [3.63, 3.8) is 0 Å². The normalized spacial score (nSPS) is 11.9. The molecule has 1 N–H and O–H groups in total. The van der Waals surface area contributed by atoms with Gasteiger partial charge in [0.1, 0.15) is 11.5 Å². The predicted octanol–water partition coefficient (Wildman–Crippen LogP) is 4.05. The van der Waals surface area contributed by atoms with Crippen molar-refractivity contribution < 1.29 is 17.6 Å². The van der Waals surface area contributed by atoms with Crippen molar-refractivity contribution in [3.8, 4) is 0 Å². The molecule has 19 heavy (non-hydrogen) atoms. The van der Waals surface area contributed by atoms with Gasteiger partial charge in [0, 0.05) is 29.8 Å². The summed E-state index contributed by atoms with van der Waals surface area (Å²) in [5.41, 5.74) is -0.308. The highest BCUT2D eigenvalue weighted by molar-refractivity contribution is 5.94. The third kappa shape index (κ3) is 2.22. The number of anilines is 1. The van der Waals surface area contributed by atoms with Gasteiger partial charge in [0.2, 0.25) is 0 Å². The summed E-state index contributed by atoms with van der Waals surface area (Å²) in [6, 6.07) is 2.52. The van der Waals surface area contributed by atoms with Crippen molar-refractivity contribution in [1.82, 2.24) is 4.98 Å². The summed E-state index contributed by atoms with van der Waals surface area (Å²) in [7, 11) is 1.53. The summed E-state index contributed by atoms with van der Waals surface area (Å²) in [6.45, 7) is 2.90. The Morgan fingerprint density at radius 1 is 1.16 bits per heavy atom. The van der Waals surface area contributed by atoms with Crippen LogP contribution in [0.1, 0.15) is 16.8 Å². The zero-order chi connectivity index (χ0) is 14.4.